The van der Waals surface area contributed by atoms with Crippen LogP contribution in [0.2, 0.25) is 5.02 Å². The molecule has 14 heavy (non-hydrogen) atoms. The average molecular weight is 346 g/mol. The van der Waals surface area contributed by atoms with Crippen molar-refractivity contribution in [3.8, 4) is 0 Å². The van der Waals surface area contributed by atoms with Gasteiger partial charge < -0.3 is 10.4 Å². The Bertz CT molecular complexity index is 309. The summed E-state index contributed by atoms with van der Waals surface area (Å²) < 4.78 is 1.02. The van der Waals surface area contributed by atoms with Gasteiger partial charge in [0, 0.05) is 20.8 Å². The molecule has 1 unspecified atom stereocenters. The van der Waals surface area contributed by atoms with Gasteiger partial charge in [-0.1, -0.05) is 11.6 Å². The quantitative estimate of drug-likeness (QED) is 0.649. The molecule has 0 fully saturated rings. The molecule has 0 amide bonds. The van der Waals surface area contributed by atoms with Crippen LogP contribution in [0.1, 0.15) is 0 Å². The number of hydrogen-bond acceptors (Lipinski definition) is 2. The predicted octanol–water partition coefficient (Wildman–Crippen LogP) is 2.96. The zero-order chi connectivity index (χ0) is 10.6. The Morgan fingerprint density at radius 3 is 2.79 bits per heavy atom. The van der Waals surface area contributed by atoms with Crippen molar-refractivity contribution in [1.29, 1.82) is 0 Å². The highest BCUT2D eigenvalue weighted by atomic mass is 127. The molecule has 5 heteroatoms. The van der Waals surface area contributed by atoms with Crippen molar-refractivity contribution in [2.45, 2.75) is 6.10 Å². The molecule has 2 N–H and O–H groups in total. The minimum atomic E-state index is -0.525. The fourth-order valence-corrected chi connectivity index (χ4v) is 2.09. The molecule has 0 radical (unpaired) electrons. The fourth-order valence-electron chi connectivity index (χ4n) is 0.915. The summed E-state index contributed by atoms with van der Waals surface area (Å²) in [6.45, 7) is 0.446. The summed E-state index contributed by atoms with van der Waals surface area (Å²) in [6, 6.07) is 5.54. The SMILES string of the molecule is OC(CCl)CNc1ccc(Cl)cc1I. The van der Waals surface area contributed by atoms with Crippen LogP contribution in [-0.2, 0) is 0 Å². The second-order valence-electron chi connectivity index (χ2n) is 2.81. The van der Waals surface area contributed by atoms with Crippen molar-refractivity contribution in [2.75, 3.05) is 17.7 Å². The zero-order valence-electron chi connectivity index (χ0n) is 7.30. The summed E-state index contributed by atoms with van der Waals surface area (Å²) in [5.74, 6) is 0.233. The summed E-state index contributed by atoms with van der Waals surface area (Å²) >= 11 is 13.5. The molecular weight excluding hydrogens is 336 g/mol. The molecule has 0 saturated carbocycles. The smallest absolute Gasteiger partial charge is 0.0847 e. The summed E-state index contributed by atoms with van der Waals surface area (Å²) in [5, 5.41) is 13.0. The minimum absolute atomic E-state index is 0.233. The van der Waals surface area contributed by atoms with Crippen molar-refractivity contribution < 1.29 is 5.11 Å². The third-order valence-electron chi connectivity index (χ3n) is 1.64. The Kier molecular flexibility index (Phi) is 5.30. The lowest BCUT2D eigenvalue weighted by molar-refractivity contribution is 0.211. The monoisotopic (exact) mass is 345 g/mol. The van der Waals surface area contributed by atoms with Crippen LogP contribution in [0, 0.1) is 3.57 Å². The van der Waals surface area contributed by atoms with Gasteiger partial charge in [0.05, 0.1) is 12.0 Å². The Morgan fingerprint density at radius 2 is 2.21 bits per heavy atom. The number of hydrogen-bond donors (Lipinski definition) is 2. The van der Waals surface area contributed by atoms with Crippen LogP contribution in [0.25, 0.3) is 0 Å². The maximum Gasteiger partial charge on any atom is 0.0847 e. The maximum absolute atomic E-state index is 9.24. The second-order valence-corrected chi connectivity index (χ2v) is 4.72. The molecule has 0 aromatic heterocycles. The van der Waals surface area contributed by atoms with Gasteiger partial charge in [-0.2, -0.15) is 0 Å². The molecule has 1 aromatic rings. The molecule has 0 aliphatic heterocycles. The number of aliphatic hydroxyl groups is 1. The first kappa shape index (κ1) is 12.4. The summed E-state index contributed by atoms with van der Waals surface area (Å²) in [5.41, 5.74) is 0.958. The van der Waals surface area contributed by atoms with E-state index < -0.39 is 6.10 Å². The van der Waals surface area contributed by atoms with E-state index in [9.17, 15) is 5.11 Å². The van der Waals surface area contributed by atoms with E-state index in [-0.39, 0.29) is 5.88 Å². The first-order valence-corrected chi connectivity index (χ1v) is 6.05. The lowest BCUT2D eigenvalue weighted by atomic mass is 10.3. The van der Waals surface area contributed by atoms with Gasteiger partial charge in [-0.3, -0.25) is 0 Å². The number of halogens is 3. The average Bonchev–Trinajstić information content (AvgIpc) is 2.16. The second kappa shape index (κ2) is 6.00. The van der Waals surface area contributed by atoms with E-state index in [2.05, 4.69) is 27.9 Å². The highest BCUT2D eigenvalue weighted by Crippen LogP contribution is 2.22. The molecule has 78 valence electrons. The number of benzene rings is 1. The lowest BCUT2D eigenvalue weighted by Gasteiger charge is -2.11. The van der Waals surface area contributed by atoms with Gasteiger partial charge in [-0.05, 0) is 40.8 Å². The molecule has 2 nitrogen and oxygen atoms in total. The number of aliphatic hydroxyl groups excluding tert-OH is 1. The summed E-state index contributed by atoms with van der Waals surface area (Å²) in [6.07, 6.45) is -0.525. The highest BCUT2D eigenvalue weighted by molar-refractivity contribution is 14.1. The van der Waals surface area contributed by atoms with Crippen LogP contribution in [0.3, 0.4) is 0 Å². The van der Waals surface area contributed by atoms with E-state index in [4.69, 9.17) is 23.2 Å². The Morgan fingerprint density at radius 1 is 1.50 bits per heavy atom. The number of anilines is 1. The topological polar surface area (TPSA) is 32.3 Å². The molecular formula is C9H10Cl2INO. The third-order valence-corrected chi connectivity index (χ3v) is 3.12. The van der Waals surface area contributed by atoms with Gasteiger partial charge in [0.15, 0.2) is 0 Å². The van der Waals surface area contributed by atoms with E-state index in [1.54, 1.807) is 6.07 Å². The van der Waals surface area contributed by atoms with E-state index in [1.807, 2.05) is 12.1 Å². The van der Waals surface area contributed by atoms with Crippen molar-refractivity contribution >= 4 is 51.5 Å². The molecule has 0 spiro atoms. The van der Waals surface area contributed by atoms with E-state index in [0.717, 1.165) is 9.26 Å². The molecule has 0 aliphatic rings. The lowest BCUT2D eigenvalue weighted by Crippen LogP contribution is -2.21. The molecule has 0 bridgehead atoms. The van der Waals surface area contributed by atoms with Gasteiger partial charge in [0.25, 0.3) is 0 Å². The molecule has 1 atom stereocenters. The van der Waals surface area contributed by atoms with E-state index >= 15 is 0 Å². The van der Waals surface area contributed by atoms with Crippen LogP contribution in [0.4, 0.5) is 5.69 Å². The van der Waals surface area contributed by atoms with Crippen molar-refractivity contribution in [1.82, 2.24) is 0 Å². The number of alkyl halides is 1. The van der Waals surface area contributed by atoms with Crippen molar-refractivity contribution in [2.24, 2.45) is 0 Å². The highest BCUT2D eigenvalue weighted by Gasteiger charge is 2.03. The largest absolute Gasteiger partial charge is 0.390 e. The van der Waals surface area contributed by atoms with Crippen LogP contribution in [0.5, 0.6) is 0 Å². The van der Waals surface area contributed by atoms with Crippen LogP contribution in [-0.4, -0.2) is 23.6 Å². The zero-order valence-corrected chi connectivity index (χ0v) is 11.0. The fraction of sp³-hybridized carbons (Fsp3) is 0.333. The third kappa shape index (κ3) is 3.81. The summed E-state index contributed by atoms with van der Waals surface area (Å²) in [4.78, 5) is 0. The van der Waals surface area contributed by atoms with Crippen molar-refractivity contribution in [3.05, 3.63) is 26.8 Å². The van der Waals surface area contributed by atoms with Gasteiger partial charge in [-0.15, -0.1) is 11.6 Å². The first-order valence-electron chi connectivity index (χ1n) is 4.06. The van der Waals surface area contributed by atoms with Gasteiger partial charge in [0.1, 0.15) is 0 Å². The van der Waals surface area contributed by atoms with Crippen LogP contribution >= 0.6 is 45.8 Å². The Balaban J connectivity index is 2.59. The first-order chi connectivity index (χ1) is 6.63. The molecule has 1 rings (SSSR count). The molecule has 0 saturated heterocycles. The summed E-state index contributed by atoms with van der Waals surface area (Å²) in [7, 11) is 0. The molecule has 0 aliphatic carbocycles. The Hall–Kier alpha value is 0.290. The Labute approximate surface area is 107 Å². The standard InChI is InChI=1S/C9H10Cl2INO/c10-4-7(14)5-13-9-2-1-6(11)3-8(9)12/h1-3,7,13-14H,4-5H2. The van der Waals surface area contributed by atoms with Gasteiger partial charge in [0.2, 0.25) is 0 Å². The number of rotatable bonds is 4. The molecule has 0 heterocycles. The van der Waals surface area contributed by atoms with E-state index in [1.165, 1.54) is 0 Å². The normalized spacial score (nSPS) is 12.6. The molecule has 1 aromatic carbocycles. The van der Waals surface area contributed by atoms with Crippen LogP contribution < -0.4 is 5.32 Å². The maximum atomic E-state index is 9.24. The van der Waals surface area contributed by atoms with Crippen LogP contribution in [0.15, 0.2) is 18.2 Å². The number of nitrogens with one attached hydrogen (secondary N) is 1. The predicted molar refractivity (Wildman–Crippen MR) is 69.4 cm³/mol. The van der Waals surface area contributed by atoms with E-state index in [0.29, 0.717) is 11.6 Å². The van der Waals surface area contributed by atoms with Crippen molar-refractivity contribution in [3.63, 3.8) is 0 Å². The minimum Gasteiger partial charge on any atom is -0.390 e. The van der Waals surface area contributed by atoms with Gasteiger partial charge in [-0.25, -0.2) is 0 Å². The van der Waals surface area contributed by atoms with Gasteiger partial charge >= 0.3 is 0 Å².